The van der Waals surface area contributed by atoms with Crippen molar-refractivity contribution in [3.8, 4) is 0 Å². The van der Waals surface area contributed by atoms with Crippen molar-refractivity contribution < 1.29 is 4.39 Å². The molecule has 2 N–H and O–H groups in total. The topological polar surface area (TPSA) is 42.2 Å². The predicted octanol–water partition coefficient (Wildman–Crippen LogP) is 2.40. The quantitative estimate of drug-likeness (QED) is 0.879. The Bertz CT molecular complexity index is 543. The molecular formula is C16H20FN3. The van der Waals surface area contributed by atoms with Crippen molar-refractivity contribution in [2.45, 2.75) is 12.8 Å². The van der Waals surface area contributed by atoms with Crippen LogP contribution in [0.2, 0.25) is 0 Å². The number of benzene rings is 1. The highest BCUT2D eigenvalue weighted by Gasteiger charge is 2.12. The summed E-state index contributed by atoms with van der Waals surface area (Å²) in [5.41, 5.74) is 8.21. The van der Waals surface area contributed by atoms with E-state index in [1.807, 2.05) is 36.2 Å². The van der Waals surface area contributed by atoms with E-state index in [2.05, 4.69) is 4.98 Å². The van der Waals surface area contributed by atoms with Gasteiger partial charge in [0.1, 0.15) is 5.82 Å². The third-order valence-electron chi connectivity index (χ3n) is 3.30. The van der Waals surface area contributed by atoms with E-state index in [0.29, 0.717) is 18.7 Å². The van der Waals surface area contributed by atoms with Crippen LogP contribution in [0.4, 0.5) is 10.1 Å². The fraction of sp³-hybridized carbons (Fsp3) is 0.312. The summed E-state index contributed by atoms with van der Waals surface area (Å²) in [6.07, 6.45) is 3.24. The highest BCUT2D eigenvalue weighted by molar-refractivity contribution is 5.54. The monoisotopic (exact) mass is 273 g/mol. The van der Waals surface area contributed by atoms with Crippen LogP contribution in [0, 0.1) is 5.82 Å². The van der Waals surface area contributed by atoms with Gasteiger partial charge in [0.05, 0.1) is 5.69 Å². The van der Waals surface area contributed by atoms with Gasteiger partial charge in [0.15, 0.2) is 0 Å². The maximum Gasteiger partial charge on any atom is 0.146 e. The molecule has 1 heterocycles. The lowest BCUT2D eigenvalue weighted by molar-refractivity contribution is 0.619. The van der Waals surface area contributed by atoms with Gasteiger partial charge in [-0.1, -0.05) is 18.2 Å². The van der Waals surface area contributed by atoms with Crippen molar-refractivity contribution in [2.24, 2.45) is 5.73 Å². The van der Waals surface area contributed by atoms with E-state index in [9.17, 15) is 4.39 Å². The number of likely N-dealkylation sites (N-methyl/N-ethyl adjacent to an activating group) is 1. The molecule has 2 rings (SSSR count). The van der Waals surface area contributed by atoms with Crippen LogP contribution in [0.5, 0.6) is 0 Å². The smallest absolute Gasteiger partial charge is 0.146 e. The Morgan fingerprint density at radius 3 is 2.70 bits per heavy atom. The minimum Gasteiger partial charge on any atom is -0.372 e. The summed E-state index contributed by atoms with van der Waals surface area (Å²) in [6.45, 7) is 1.24. The van der Waals surface area contributed by atoms with Crippen LogP contribution < -0.4 is 10.6 Å². The molecule has 0 aliphatic heterocycles. The number of halogens is 1. The summed E-state index contributed by atoms with van der Waals surface area (Å²) in [4.78, 5) is 6.22. The molecule has 4 heteroatoms. The maximum atomic E-state index is 14.1. The molecule has 0 spiro atoms. The van der Waals surface area contributed by atoms with Crippen LogP contribution in [-0.2, 0) is 12.8 Å². The van der Waals surface area contributed by atoms with Gasteiger partial charge in [-0.05, 0) is 36.7 Å². The number of hydrogen-bond donors (Lipinski definition) is 1. The van der Waals surface area contributed by atoms with E-state index in [-0.39, 0.29) is 5.82 Å². The van der Waals surface area contributed by atoms with Gasteiger partial charge in [-0.25, -0.2) is 4.39 Å². The molecule has 0 unspecified atom stereocenters. The van der Waals surface area contributed by atoms with Gasteiger partial charge in [0, 0.05) is 31.9 Å². The molecule has 0 bridgehead atoms. The van der Waals surface area contributed by atoms with Crippen molar-refractivity contribution in [2.75, 3.05) is 25.0 Å². The predicted molar refractivity (Wildman–Crippen MR) is 80.4 cm³/mol. The van der Waals surface area contributed by atoms with Crippen molar-refractivity contribution in [3.63, 3.8) is 0 Å². The fourth-order valence-electron chi connectivity index (χ4n) is 2.28. The molecule has 0 saturated heterocycles. The van der Waals surface area contributed by atoms with Crippen molar-refractivity contribution in [1.82, 2.24) is 4.98 Å². The van der Waals surface area contributed by atoms with Gasteiger partial charge in [-0.2, -0.15) is 0 Å². The largest absolute Gasteiger partial charge is 0.372 e. The van der Waals surface area contributed by atoms with Gasteiger partial charge in [-0.3, -0.25) is 4.98 Å². The Morgan fingerprint density at radius 2 is 2.00 bits per heavy atom. The number of aromatic nitrogens is 1. The Labute approximate surface area is 119 Å². The summed E-state index contributed by atoms with van der Waals surface area (Å²) in [6, 6.07) is 11.0. The number of nitrogens with two attached hydrogens (primary N) is 1. The molecule has 2 aromatic rings. The molecule has 1 aromatic heterocycles. The Balaban J connectivity index is 2.10. The number of nitrogens with zero attached hydrogens (tertiary/aromatic N) is 2. The Morgan fingerprint density at radius 1 is 1.15 bits per heavy atom. The lowest BCUT2D eigenvalue weighted by Gasteiger charge is -2.23. The normalized spacial score (nSPS) is 10.6. The molecule has 0 atom stereocenters. The van der Waals surface area contributed by atoms with E-state index >= 15 is 0 Å². The summed E-state index contributed by atoms with van der Waals surface area (Å²) < 4.78 is 14.1. The lowest BCUT2D eigenvalue weighted by atomic mass is 10.1. The molecule has 0 amide bonds. The summed E-state index contributed by atoms with van der Waals surface area (Å²) >= 11 is 0. The third-order valence-corrected chi connectivity index (χ3v) is 3.30. The Hall–Kier alpha value is -1.94. The average molecular weight is 273 g/mol. The molecule has 0 radical (unpaired) electrons. The van der Waals surface area contributed by atoms with Gasteiger partial charge >= 0.3 is 0 Å². The molecule has 20 heavy (non-hydrogen) atoms. The van der Waals surface area contributed by atoms with Crippen LogP contribution in [-0.4, -0.2) is 25.1 Å². The van der Waals surface area contributed by atoms with Gasteiger partial charge < -0.3 is 10.6 Å². The lowest BCUT2D eigenvalue weighted by Crippen LogP contribution is -2.23. The minimum absolute atomic E-state index is 0.195. The second kappa shape index (κ2) is 7.01. The minimum atomic E-state index is -0.195. The molecule has 0 aliphatic rings. The van der Waals surface area contributed by atoms with Gasteiger partial charge in [0.2, 0.25) is 0 Å². The van der Waals surface area contributed by atoms with Crippen molar-refractivity contribution >= 4 is 5.69 Å². The van der Waals surface area contributed by atoms with E-state index < -0.39 is 0 Å². The van der Waals surface area contributed by atoms with Crippen LogP contribution in [0.3, 0.4) is 0 Å². The third kappa shape index (κ3) is 3.54. The van der Waals surface area contributed by atoms with Crippen molar-refractivity contribution in [1.29, 1.82) is 0 Å². The van der Waals surface area contributed by atoms with E-state index in [1.54, 1.807) is 12.3 Å². The molecule has 0 saturated carbocycles. The first kappa shape index (κ1) is 14.5. The van der Waals surface area contributed by atoms with E-state index in [0.717, 1.165) is 24.2 Å². The molecular weight excluding hydrogens is 253 g/mol. The zero-order valence-corrected chi connectivity index (χ0v) is 11.7. The first-order valence-electron chi connectivity index (χ1n) is 6.81. The summed E-state index contributed by atoms with van der Waals surface area (Å²) in [5.74, 6) is -0.195. The second-order valence-corrected chi connectivity index (χ2v) is 4.78. The van der Waals surface area contributed by atoms with Crippen LogP contribution in [0.25, 0.3) is 0 Å². The van der Waals surface area contributed by atoms with Crippen LogP contribution in [0.1, 0.15) is 11.3 Å². The summed E-state index contributed by atoms with van der Waals surface area (Å²) in [5, 5.41) is 0. The summed E-state index contributed by atoms with van der Waals surface area (Å²) in [7, 11) is 1.90. The highest BCUT2D eigenvalue weighted by Crippen LogP contribution is 2.24. The molecule has 0 fully saturated rings. The zero-order valence-electron chi connectivity index (χ0n) is 11.7. The first-order chi connectivity index (χ1) is 9.72. The van der Waals surface area contributed by atoms with Gasteiger partial charge in [-0.15, -0.1) is 0 Å². The SMILES string of the molecule is CN(CCc1ccccn1)c1c(F)cccc1CCN. The van der Waals surface area contributed by atoms with Gasteiger partial charge in [0.25, 0.3) is 0 Å². The molecule has 0 aliphatic carbocycles. The Kier molecular flexibility index (Phi) is 5.07. The average Bonchev–Trinajstić information content (AvgIpc) is 2.46. The number of para-hydroxylation sites is 1. The fourth-order valence-corrected chi connectivity index (χ4v) is 2.28. The molecule has 3 nitrogen and oxygen atoms in total. The molecule has 106 valence electrons. The standard InChI is InChI=1S/C16H20FN3/c1-20(12-9-14-6-2-3-11-19-14)16-13(8-10-18)5-4-7-15(16)17/h2-7,11H,8-10,12,18H2,1H3. The number of hydrogen-bond acceptors (Lipinski definition) is 3. The number of anilines is 1. The number of rotatable bonds is 6. The van der Waals surface area contributed by atoms with E-state index in [4.69, 9.17) is 5.73 Å². The van der Waals surface area contributed by atoms with Crippen LogP contribution >= 0.6 is 0 Å². The van der Waals surface area contributed by atoms with Crippen LogP contribution in [0.15, 0.2) is 42.6 Å². The first-order valence-corrected chi connectivity index (χ1v) is 6.81. The zero-order chi connectivity index (χ0) is 14.4. The molecule has 1 aromatic carbocycles. The highest BCUT2D eigenvalue weighted by atomic mass is 19.1. The van der Waals surface area contributed by atoms with Crippen molar-refractivity contribution in [3.05, 3.63) is 59.7 Å². The number of pyridine rings is 1. The maximum absolute atomic E-state index is 14.1. The van der Waals surface area contributed by atoms with E-state index in [1.165, 1.54) is 6.07 Å². The second-order valence-electron chi connectivity index (χ2n) is 4.78.